The predicted octanol–water partition coefficient (Wildman–Crippen LogP) is 4.24. The van der Waals surface area contributed by atoms with Crippen molar-refractivity contribution >= 4 is 5.69 Å². The van der Waals surface area contributed by atoms with E-state index in [2.05, 4.69) is 29.8 Å². The second-order valence-corrected chi connectivity index (χ2v) is 7.79. The standard InChI is InChI=1S/C23H28N2O2/c1-2-27-25-20-11-12-23(15-16-3-7-19(24)8-4-16)18(14-20)6-5-17-13-21(26)9-10-22(17)23/h3-4,7-10,13-14,18,25-26H,2,5-6,11-12,15,24H2,1H3. The lowest BCUT2D eigenvalue weighted by molar-refractivity contribution is 0.0653. The molecule has 0 aromatic heterocycles. The Kier molecular flexibility index (Phi) is 4.83. The van der Waals surface area contributed by atoms with Gasteiger partial charge in [-0.2, -0.15) is 0 Å². The maximum absolute atomic E-state index is 9.98. The number of allylic oxidation sites excluding steroid dienone is 2. The molecule has 4 rings (SSSR count). The fourth-order valence-electron chi connectivity index (χ4n) is 4.87. The molecule has 0 heterocycles. The van der Waals surface area contributed by atoms with E-state index >= 15 is 0 Å². The summed E-state index contributed by atoms with van der Waals surface area (Å²) in [5.41, 5.74) is 15.0. The molecule has 2 aliphatic carbocycles. The third-order valence-corrected chi connectivity index (χ3v) is 6.15. The molecule has 4 heteroatoms. The van der Waals surface area contributed by atoms with Crippen LogP contribution in [0, 0.1) is 5.92 Å². The van der Waals surface area contributed by atoms with Crippen LogP contribution in [0.5, 0.6) is 5.75 Å². The number of rotatable bonds is 5. The van der Waals surface area contributed by atoms with E-state index in [9.17, 15) is 5.11 Å². The van der Waals surface area contributed by atoms with E-state index in [1.807, 2.05) is 31.2 Å². The molecule has 0 amide bonds. The number of hydrogen-bond donors (Lipinski definition) is 3. The van der Waals surface area contributed by atoms with Crippen LogP contribution in [0.1, 0.15) is 42.9 Å². The lowest BCUT2D eigenvalue weighted by Crippen LogP contribution is -2.44. The van der Waals surface area contributed by atoms with Crippen LogP contribution in [0.4, 0.5) is 5.69 Å². The van der Waals surface area contributed by atoms with Crippen LogP contribution in [0.3, 0.4) is 0 Å². The molecule has 0 spiro atoms. The van der Waals surface area contributed by atoms with E-state index in [-0.39, 0.29) is 5.41 Å². The highest BCUT2D eigenvalue weighted by molar-refractivity contribution is 5.47. The third-order valence-electron chi connectivity index (χ3n) is 6.15. The van der Waals surface area contributed by atoms with Crippen molar-refractivity contribution in [2.24, 2.45) is 5.92 Å². The van der Waals surface area contributed by atoms with Gasteiger partial charge in [-0.1, -0.05) is 24.3 Å². The van der Waals surface area contributed by atoms with Crippen LogP contribution in [-0.2, 0) is 23.1 Å². The van der Waals surface area contributed by atoms with E-state index < -0.39 is 0 Å². The molecule has 0 saturated heterocycles. The van der Waals surface area contributed by atoms with Crippen LogP contribution >= 0.6 is 0 Å². The molecule has 2 aliphatic rings. The van der Waals surface area contributed by atoms with E-state index in [1.165, 1.54) is 22.4 Å². The molecule has 2 atom stereocenters. The fourth-order valence-corrected chi connectivity index (χ4v) is 4.87. The first-order valence-corrected chi connectivity index (χ1v) is 9.86. The molecule has 0 radical (unpaired) electrons. The molecule has 4 nitrogen and oxygen atoms in total. The Bertz CT molecular complexity index is 844. The number of hydroxylamine groups is 1. The van der Waals surface area contributed by atoms with Crippen molar-refractivity contribution in [1.29, 1.82) is 0 Å². The van der Waals surface area contributed by atoms with Crippen LogP contribution in [0.15, 0.2) is 54.2 Å². The molecule has 0 saturated carbocycles. The van der Waals surface area contributed by atoms with Crippen molar-refractivity contribution in [3.8, 4) is 5.75 Å². The van der Waals surface area contributed by atoms with Gasteiger partial charge in [0.2, 0.25) is 0 Å². The van der Waals surface area contributed by atoms with Gasteiger partial charge < -0.3 is 10.8 Å². The predicted molar refractivity (Wildman–Crippen MR) is 108 cm³/mol. The van der Waals surface area contributed by atoms with Crippen molar-refractivity contribution in [1.82, 2.24) is 5.48 Å². The van der Waals surface area contributed by atoms with Gasteiger partial charge >= 0.3 is 0 Å². The zero-order valence-corrected chi connectivity index (χ0v) is 15.9. The first-order chi connectivity index (χ1) is 13.1. The second kappa shape index (κ2) is 7.28. The largest absolute Gasteiger partial charge is 0.508 e. The van der Waals surface area contributed by atoms with Gasteiger partial charge in [-0.15, -0.1) is 0 Å². The molecule has 142 valence electrons. The minimum Gasteiger partial charge on any atom is -0.508 e. The van der Waals surface area contributed by atoms with Crippen LogP contribution < -0.4 is 11.2 Å². The van der Waals surface area contributed by atoms with Crippen LogP contribution in [0.25, 0.3) is 0 Å². The van der Waals surface area contributed by atoms with E-state index in [1.54, 1.807) is 0 Å². The molecule has 2 aromatic rings. The summed E-state index contributed by atoms with van der Waals surface area (Å²) < 4.78 is 0. The van der Waals surface area contributed by atoms with E-state index in [4.69, 9.17) is 10.6 Å². The number of benzene rings is 2. The van der Waals surface area contributed by atoms with Gasteiger partial charge in [0.25, 0.3) is 0 Å². The zero-order chi connectivity index (χ0) is 18.9. The summed E-state index contributed by atoms with van der Waals surface area (Å²) in [5, 5.41) is 9.98. The number of fused-ring (bicyclic) bond motifs is 3. The number of nitrogens with two attached hydrogens (primary N) is 1. The maximum Gasteiger partial charge on any atom is 0.115 e. The average molecular weight is 364 g/mol. The summed E-state index contributed by atoms with van der Waals surface area (Å²) in [7, 11) is 0. The number of nitrogens with one attached hydrogen (secondary N) is 1. The smallest absolute Gasteiger partial charge is 0.115 e. The maximum atomic E-state index is 9.98. The molecular weight excluding hydrogens is 336 g/mol. The van der Waals surface area contributed by atoms with Crippen LogP contribution in [0.2, 0.25) is 0 Å². The molecule has 2 aromatic carbocycles. The molecule has 27 heavy (non-hydrogen) atoms. The monoisotopic (exact) mass is 364 g/mol. The summed E-state index contributed by atoms with van der Waals surface area (Å²) in [6, 6.07) is 14.2. The van der Waals surface area contributed by atoms with Crippen LogP contribution in [-0.4, -0.2) is 11.7 Å². The number of anilines is 1. The Morgan fingerprint density at radius 3 is 2.78 bits per heavy atom. The van der Waals surface area contributed by atoms with Gasteiger partial charge in [-0.25, -0.2) is 0 Å². The highest BCUT2D eigenvalue weighted by atomic mass is 16.6. The number of nitrogen functional groups attached to an aromatic ring is 1. The Morgan fingerprint density at radius 1 is 1.19 bits per heavy atom. The number of phenols is 1. The summed E-state index contributed by atoms with van der Waals surface area (Å²) in [6.45, 7) is 2.64. The molecule has 0 fully saturated rings. The van der Waals surface area contributed by atoms with Gasteiger partial charge in [0.1, 0.15) is 5.75 Å². The fraction of sp³-hybridized carbons (Fsp3) is 0.391. The molecule has 0 aliphatic heterocycles. The van der Waals surface area contributed by atoms with Gasteiger partial charge in [0, 0.05) is 16.8 Å². The van der Waals surface area contributed by atoms with Gasteiger partial charge in [0.05, 0.1) is 6.61 Å². The summed E-state index contributed by atoms with van der Waals surface area (Å²) in [4.78, 5) is 5.44. The van der Waals surface area contributed by atoms with Crippen molar-refractivity contribution in [2.45, 2.75) is 44.4 Å². The van der Waals surface area contributed by atoms with Gasteiger partial charge in [-0.3, -0.25) is 10.3 Å². The first kappa shape index (κ1) is 17.9. The highest BCUT2D eigenvalue weighted by Crippen LogP contribution is 2.51. The van der Waals surface area contributed by atoms with Gasteiger partial charge in [-0.05, 0) is 85.9 Å². The minimum absolute atomic E-state index is 0.0504. The zero-order valence-electron chi connectivity index (χ0n) is 15.9. The minimum atomic E-state index is 0.0504. The number of aromatic hydroxyl groups is 1. The van der Waals surface area contributed by atoms with Crippen molar-refractivity contribution in [3.63, 3.8) is 0 Å². The quantitative estimate of drug-likeness (QED) is 0.548. The molecule has 0 bridgehead atoms. The SMILES string of the molecule is CCONC1=CC2CCc3cc(O)ccc3C2(Cc2ccc(N)cc2)CC1. The number of hydrogen-bond acceptors (Lipinski definition) is 4. The van der Waals surface area contributed by atoms with Crippen molar-refractivity contribution in [2.75, 3.05) is 12.3 Å². The number of aryl methyl sites for hydroxylation is 1. The number of phenolic OH excluding ortho intramolecular Hbond substituents is 1. The summed E-state index contributed by atoms with van der Waals surface area (Å²) >= 11 is 0. The Morgan fingerprint density at radius 2 is 2.00 bits per heavy atom. The van der Waals surface area contributed by atoms with Gasteiger partial charge in [0.15, 0.2) is 0 Å². The Labute approximate surface area is 161 Å². The lowest BCUT2D eigenvalue weighted by Gasteiger charge is -2.48. The van der Waals surface area contributed by atoms with E-state index in [0.29, 0.717) is 18.3 Å². The molecular formula is C23H28N2O2. The normalized spacial score (nSPS) is 23.9. The lowest BCUT2D eigenvalue weighted by atomic mass is 9.56. The second-order valence-electron chi connectivity index (χ2n) is 7.79. The van der Waals surface area contributed by atoms with Crippen molar-refractivity contribution < 1.29 is 9.94 Å². The van der Waals surface area contributed by atoms with Crippen molar-refractivity contribution in [3.05, 3.63) is 70.9 Å². The summed E-state index contributed by atoms with van der Waals surface area (Å²) in [6.07, 6.45) is 7.47. The highest BCUT2D eigenvalue weighted by Gasteiger charge is 2.45. The summed E-state index contributed by atoms with van der Waals surface area (Å²) in [5.74, 6) is 0.809. The average Bonchev–Trinajstić information content (AvgIpc) is 2.68. The third kappa shape index (κ3) is 3.42. The van der Waals surface area contributed by atoms with E-state index in [0.717, 1.165) is 37.8 Å². The topological polar surface area (TPSA) is 67.5 Å². The Balaban J connectivity index is 1.74. The molecule has 2 unspecified atom stereocenters. The Hall–Kier alpha value is -2.46. The first-order valence-electron chi connectivity index (χ1n) is 9.86. The molecule has 4 N–H and O–H groups in total.